The van der Waals surface area contributed by atoms with Gasteiger partial charge in [0.2, 0.25) is 0 Å². The Bertz CT molecular complexity index is 304. The Labute approximate surface area is 125 Å². The maximum Gasteiger partial charge on any atom is 0.407 e. The largest absolute Gasteiger partial charge is 0.444 e. The van der Waals surface area contributed by atoms with Crippen LogP contribution in [-0.2, 0) is 14.2 Å². The molecule has 118 valence electrons. The summed E-state index contributed by atoms with van der Waals surface area (Å²) in [6.45, 7) is 6.78. The normalized spacial score (nSPS) is 11.1. The van der Waals surface area contributed by atoms with Crippen LogP contribution in [0, 0.1) is 0 Å². The monoisotopic (exact) mass is 307 g/mol. The van der Waals surface area contributed by atoms with Crippen molar-refractivity contribution in [3.8, 4) is 0 Å². The van der Waals surface area contributed by atoms with Gasteiger partial charge in [-0.3, -0.25) is 0 Å². The molecule has 1 amide bonds. The van der Waals surface area contributed by atoms with Gasteiger partial charge in [-0.1, -0.05) is 0 Å². The molecule has 0 aromatic heterocycles. The van der Waals surface area contributed by atoms with E-state index in [1.807, 2.05) is 20.8 Å². The molecule has 0 unspecified atom stereocenters. The Morgan fingerprint density at radius 3 is 2.15 bits per heavy atom. The van der Waals surface area contributed by atoms with Crippen LogP contribution in [0.3, 0.4) is 0 Å². The number of ether oxygens (including phenoxy) is 3. The molecule has 0 fully saturated rings. The van der Waals surface area contributed by atoms with E-state index in [1.165, 1.54) is 0 Å². The second-order valence-electron chi connectivity index (χ2n) is 4.97. The minimum absolute atomic E-state index is 0.352. The van der Waals surface area contributed by atoms with Gasteiger partial charge in [-0.05, 0) is 33.0 Å². The van der Waals surface area contributed by atoms with Gasteiger partial charge in [0.1, 0.15) is 5.60 Å². The molecule has 0 aliphatic heterocycles. The topological polar surface area (TPSA) is 80.9 Å². The predicted octanol–water partition coefficient (Wildman–Crippen LogP) is 0.594. The summed E-state index contributed by atoms with van der Waals surface area (Å²) in [6.07, 6.45) is -0.799. The highest BCUT2D eigenvalue weighted by Gasteiger charge is 2.15. The molecule has 20 heavy (non-hydrogen) atoms. The van der Waals surface area contributed by atoms with E-state index in [2.05, 4.69) is 16.0 Å². The van der Waals surface area contributed by atoms with Crippen molar-refractivity contribution in [2.75, 3.05) is 33.9 Å². The van der Waals surface area contributed by atoms with Gasteiger partial charge in [-0.2, -0.15) is 0 Å². The lowest BCUT2D eigenvalue weighted by molar-refractivity contribution is -0.0965. The van der Waals surface area contributed by atoms with Gasteiger partial charge < -0.3 is 30.2 Å². The third kappa shape index (κ3) is 10.8. The van der Waals surface area contributed by atoms with E-state index in [4.69, 9.17) is 26.4 Å². The zero-order chi connectivity index (χ0) is 15.6. The van der Waals surface area contributed by atoms with Crippen molar-refractivity contribution in [2.24, 2.45) is 0 Å². The molecule has 0 heterocycles. The molecule has 0 bridgehead atoms. The summed E-state index contributed by atoms with van der Waals surface area (Å²) in [5.41, 5.74) is -0.496. The van der Waals surface area contributed by atoms with Gasteiger partial charge in [-0.25, -0.2) is 4.79 Å². The fourth-order valence-corrected chi connectivity index (χ4v) is 1.34. The zero-order valence-electron chi connectivity index (χ0n) is 12.7. The highest BCUT2D eigenvalue weighted by Crippen LogP contribution is 2.05. The molecule has 0 rings (SSSR count). The fourth-order valence-electron chi connectivity index (χ4n) is 1.16. The smallest absolute Gasteiger partial charge is 0.407 e. The molecule has 0 radical (unpaired) electrons. The summed E-state index contributed by atoms with van der Waals surface area (Å²) < 4.78 is 15.1. The number of rotatable bonds is 7. The van der Waals surface area contributed by atoms with Crippen molar-refractivity contribution < 1.29 is 19.0 Å². The molecule has 0 atom stereocenters. The number of nitrogens with one attached hydrogen (secondary N) is 3. The quantitative estimate of drug-likeness (QED) is 0.361. The average molecular weight is 307 g/mol. The Kier molecular flexibility index (Phi) is 9.19. The van der Waals surface area contributed by atoms with Gasteiger partial charge in [0.15, 0.2) is 11.4 Å². The van der Waals surface area contributed by atoms with Crippen molar-refractivity contribution in [1.29, 1.82) is 0 Å². The SMILES string of the molecule is COC(CNC(=S)NCCNC(=O)OC(C)(C)C)OC. The van der Waals surface area contributed by atoms with Gasteiger partial charge in [0.25, 0.3) is 0 Å². The van der Waals surface area contributed by atoms with Gasteiger partial charge in [0, 0.05) is 27.3 Å². The predicted molar refractivity (Wildman–Crippen MR) is 80.6 cm³/mol. The minimum Gasteiger partial charge on any atom is -0.444 e. The Balaban J connectivity index is 3.64. The zero-order valence-corrected chi connectivity index (χ0v) is 13.6. The number of carbonyl (C=O) groups excluding carboxylic acids is 1. The van der Waals surface area contributed by atoms with E-state index in [9.17, 15) is 4.79 Å². The van der Waals surface area contributed by atoms with Crippen LogP contribution in [-0.4, -0.2) is 57.0 Å². The molecule has 3 N–H and O–H groups in total. The van der Waals surface area contributed by atoms with E-state index in [1.54, 1.807) is 14.2 Å². The molecule has 7 nitrogen and oxygen atoms in total. The molecule has 0 aromatic rings. The van der Waals surface area contributed by atoms with Crippen LogP contribution in [0.25, 0.3) is 0 Å². The van der Waals surface area contributed by atoms with Crippen LogP contribution in [0.1, 0.15) is 20.8 Å². The summed E-state index contributed by atoms with van der Waals surface area (Å²) in [5, 5.41) is 8.97. The van der Waals surface area contributed by atoms with Gasteiger partial charge >= 0.3 is 6.09 Å². The summed E-state index contributed by atoms with van der Waals surface area (Å²) in [4.78, 5) is 11.4. The number of hydrogen-bond acceptors (Lipinski definition) is 5. The Hall–Kier alpha value is -1.12. The third-order valence-electron chi connectivity index (χ3n) is 2.03. The van der Waals surface area contributed by atoms with Crippen LogP contribution in [0.4, 0.5) is 4.79 Å². The third-order valence-corrected chi connectivity index (χ3v) is 2.32. The lowest BCUT2D eigenvalue weighted by Gasteiger charge is -2.20. The number of alkyl carbamates (subject to hydrolysis) is 1. The second kappa shape index (κ2) is 9.73. The molecule has 0 saturated heterocycles. The maximum absolute atomic E-state index is 11.4. The summed E-state index contributed by atoms with van der Waals surface area (Å²) >= 11 is 5.06. The molecular formula is C12H25N3O4S. The van der Waals surface area contributed by atoms with Gasteiger partial charge in [-0.15, -0.1) is 0 Å². The van der Waals surface area contributed by atoms with Crippen molar-refractivity contribution in [3.05, 3.63) is 0 Å². The van der Waals surface area contributed by atoms with Crippen molar-refractivity contribution in [2.45, 2.75) is 32.7 Å². The highest BCUT2D eigenvalue weighted by atomic mass is 32.1. The number of methoxy groups -OCH3 is 2. The van der Waals surface area contributed by atoms with Crippen molar-refractivity contribution >= 4 is 23.4 Å². The number of thiocarbonyl (C=S) groups is 1. The first-order valence-corrected chi connectivity index (χ1v) is 6.73. The van der Waals surface area contributed by atoms with Crippen molar-refractivity contribution in [1.82, 2.24) is 16.0 Å². The summed E-state index contributed by atoms with van der Waals surface area (Å²) in [5.74, 6) is 0. The van der Waals surface area contributed by atoms with E-state index < -0.39 is 11.7 Å². The first-order chi connectivity index (χ1) is 9.28. The lowest BCUT2D eigenvalue weighted by atomic mass is 10.2. The fraction of sp³-hybridized carbons (Fsp3) is 0.833. The molecule has 0 saturated carbocycles. The minimum atomic E-state index is -0.496. The molecule has 0 aromatic carbocycles. The standard InChI is InChI=1S/C12H25N3O4S/c1-12(2,3)19-11(16)14-7-6-13-10(20)15-8-9(17-4)18-5/h9H,6-8H2,1-5H3,(H,14,16)(H2,13,15,20). The molecular weight excluding hydrogens is 282 g/mol. The van der Waals surface area contributed by atoms with Gasteiger partial charge in [0.05, 0.1) is 6.54 Å². The van der Waals surface area contributed by atoms with Crippen LogP contribution < -0.4 is 16.0 Å². The highest BCUT2D eigenvalue weighted by molar-refractivity contribution is 7.80. The average Bonchev–Trinajstić information content (AvgIpc) is 2.34. The second-order valence-corrected chi connectivity index (χ2v) is 5.37. The number of amides is 1. The van der Waals surface area contributed by atoms with Crippen LogP contribution in [0.2, 0.25) is 0 Å². The first-order valence-electron chi connectivity index (χ1n) is 6.32. The number of hydrogen-bond donors (Lipinski definition) is 3. The molecule has 0 spiro atoms. The molecule has 0 aliphatic rings. The maximum atomic E-state index is 11.4. The van der Waals surface area contributed by atoms with Crippen LogP contribution in [0.15, 0.2) is 0 Å². The van der Waals surface area contributed by atoms with Crippen LogP contribution >= 0.6 is 12.2 Å². The molecule has 0 aliphatic carbocycles. The summed E-state index contributed by atoms with van der Waals surface area (Å²) in [7, 11) is 3.11. The number of carbonyl (C=O) groups is 1. The summed E-state index contributed by atoms with van der Waals surface area (Å²) in [6, 6.07) is 0. The van der Waals surface area contributed by atoms with E-state index in [-0.39, 0.29) is 6.29 Å². The Morgan fingerprint density at radius 1 is 1.10 bits per heavy atom. The Morgan fingerprint density at radius 2 is 1.65 bits per heavy atom. The lowest BCUT2D eigenvalue weighted by Crippen LogP contribution is -2.43. The van der Waals surface area contributed by atoms with Crippen molar-refractivity contribution in [3.63, 3.8) is 0 Å². The first kappa shape index (κ1) is 18.9. The van der Waals surface area contributed by atoms with Crippen LogP contribution in [0.5, 0.6) is 0 Å². The van der Waals surface area contributed by atoms with E-state index >= 15 is 0 Å². The molecule has 8 heteroatoms. The van der Waals surface area contributed by atoms with E-state index in [0.29, 0.717) is 24.7 Å². The van der Waals surface area contributed by atoms with E-state index in [0.717, 1.165) is 0 Å².